The van der Waals surface area contributed by atoms with Crippen molar-refractivity contribution in [3.05, 3.63) is 101 Å². The van der Waals surface area contributed by atoms with Crippen LogP contribution in [0.3, 0.4) is 0 Å². The first kappa shape index (κ1) is 24.4. The maximum Gasteiger partial charge on any atom is 0.265 e. The van der Waals surface area contributed by atoms with Crippen LogP contribution in [0.4, 0.5) is 5.69 Å². The summed E-state index contributed by atoms with van der Waals surface area (Å²) in [6, 6.07) is 10.2. The van der Waals surface area contributed by atoms with Crippen LogP contribution in [0.5, 0.6) is 0 Å². The summed E-state index contributed by atoms with van der Waals surface area (Å²) in [6.07, 6.45) is 13.7. The zero-order chi connectivity index (χ0) is 24.3. The molecule has 2 heterocycles. The molecule has 1 saturated heterocycles. The van der Waals surface area contributed by atoms with Gasteiger partial charge in [-0.25, -0.2) is 0 Å². The minimum atomic E-state index is -2.27. The molecule has 33 heavy (non-hydrogen) atoms. The van der Waals surface area contributed by atoms with Crippen molar-refractivity contribution in [2.75, 3.05) is 19.0 Å². The summed E-state index contributed by atoms with van der Waals surface area (Å²) in [5.41, 5.74) is 2.20. The van der Waals surface area contributed by atoms with Crippen LogP contribution < -0.4 is 4.90 Å². The molecule has 170 valence electrons. The van der Waals surface area contributed by atoms with Gasteiger partial charge in [0, 0.05) is 30.8 Å². The number of anilines is 1. The van der Waals surface area contributed by atoms with Crippen LogP contribution >= 0.6 is 12.2 Å². The van der Waals surface area contributed by atoms with Gasteiger partial charge in [0.1, 0.15) is 13.6 Å². The van der Waals surface area contributed by atoms with E-state index in [1.807, 2.05) is 43.4 Å². The average molecular weight is 476 g/mol. The van der Waals surface area contributed by atoms with Crippen molar-refractivity contribution < 1.29 is 9.59 Å². The van der Waals surface area contributed by atoms with Crippen LogP contribution in [0.15, 0.2) is 101 Å². The van der Waals surface area contributed by atoms with Gasteiger partial charge in [0.05, 0.1) is 0 Å². The molecule has 0 aliphatic carbocycles. The van der Waals surface area contributed by atoms with Gasteiger partial charge < -0.3 is 4.90 Å². The van der Waals surface area contributed by atoms with E-state index in [0.717, 1.165) is 21.9 Å². The zero-order valence-electron chi connectivity index (χ0n) is 19.7. The number of likely N-dealkylation sites (N-methyl/N-ethyl adjacent to an activating group) is 2. The number of thiocarbonyl (C=S) groups is 1. The van der Waals surface area contributed by atoms with Crippen LogP contribution in [-0.4, -0.2) is 48.9 Å². The van der Waals surface area contributed by atoms with E-state index in [9.17, 15) is 9.59 Å². The Bertz CT molecular complexity index is 1130. The standard InChI is InChI=1S/C26H29N3O2SSi/c1-7-9-13-19(8-2)29(20-14-11-10-12-15-20)23-17-16-21(33(23,5)6)18-22-24(30)27(3)26(32)28(4)25(22)31/h7-18H,1H2,2-6H3/b13-9-,19-8+. The third kappa shape index (κ3) is 4.47. The van der Waals surface area contributed by atoms with E-state index < -0.39 is 8.07 Å². The van der Waals surface area contributed by atoms with Gasteiger partial charge in [-0.2, -0.15) is 0 Å². The number of benzene rings is 1. The molecular weight excluding hydrogens is 446 g/mol. The third-order valence-corrected chi connectivity index (χ3v) is 9.91. The van der Waals surface area contributed by atoms with Gasteiger partial charge in [-0.1, -0.05) is 67.4 Å². The highest BCUT2D eigenvalue weighted by atomic mass is 32.1. The number of rotatable bonds is 6. The third-order valence-electron chi connectivity index (χ3n) is 5.94. The van der Waals surface area contributed by atoms with E-state index in [4.69, 9.17) is 12.2 Å². The van der Waals surface area contributed by atoms with Gasteiger partial charge >= 0.3 is 0 Å². The molecule has 3 rings (SSSR count). The van der Waals surface area contributed by atoms with Gasteiger partial charge in [0.25, 0.3) is 11.8 Å². The summed E-state index contributed by atoms with van der Waals surface area (Å²) in [6.45, 7) is 10.3. The molecule has 2 aliphatic heterocycles. The topological polar surface area (TPSA) is 43.9 Å². The molecule has 0 radical (unpaired) electrons. The number of para-hydroxylation sites is 1. The highest BCUT2D eigenvalue weighted by Crippen LogP contribution is 2.38. The predicted octanol–water partition coefficient (Wildman–Crippen LogP) is 4.89. The Balaban J connectivity index is 2.05. The first-order valence-corrected chi connectivity index (χ1v) is 14.1. The summed E-state index contributed by atoms with van der Waals surface area (Å²) in [7, 11) is 0.920. The molecule has 5 nitrogen and oxygen atoms in total. The molecular formula is C26H29N3O2SSi. The van der Waals surface area contributed by atoms with Gasteiger partial charge in [-0.15, -0.1) is 0 Å². The molecule has 0 N–H and O–H groups in total. The summed E-state index contributed by atoms with van der Waals surface area (Å²) < 4.78 is 0. The molecule has 0 aromatic heterocycles. The van der Waals surface area contributed by atoms with Gasteiger partial charge in [-0.3, -0.25) is 19.4 Å². The average Bonchev–Trinajstić information content (AvgIpc) is 3.10. The molecule has 0 spiro atoms. The van der Waals surface area contributed by atoms with E-state index in [0.29, 0.717) is 0 Å². The number of carbonyl (C=O) groups excluding carboxylic acids is 2. The Morgan fingerprint density at radius 2 is 1.67 bits per heavy atom. The lowest BCUT2D eigenvalue weighted by Crippen LogP contribution is -2.53. The van der Waals surface area contributed by atoms with Crippen molar-refractivity contribution in [3.8, 4) is 0 Å². The molecule has 1 fully saturated rings. The number of hydrogen-bond donors (Lipinski definition) is 0. The van der Waals surface area contributed by atoms with Gasteiger partial charge in [-0.05, 0) is 49.5 Å². The summed E-state index contributed by atoms with van der Waals surface area (Å²) in [4.78, 5) is 30.6. The second-order valence-electron chi connectivity index (χ2n) is 8.35. The molecule has 2 aliphatic rings. The maximum absolute atomic E-state index is 12.9. The van der Waals surface area contributed by atoms with Gasteiger partial charge in [0.2, 0.25) is 0 Å². The minimum Gasteiger partial charge on any atom is -0.318 e. The van der Waals surface area contributed by atoms with Crippen molar-refractivity contribution in [1.82, 2.24) is 9.80 Å². The number of allylic oxidation sites excluding steroid dienone is 8. The second-order valence-corrected chi connectivity index (χ2v) is 13.1. The highest BCUT2D eigenvalue weighted by molar-refractivity contribution is 7.80. The normalized spacial score (nSPS) is 18.6. The number of hydrogen-bond acceptors (Lipinski definition) is 4. The number of carbonyl (C=O) groups is 2. The minimum absolute atomic E-state index is 0.138. The molecule has 0 atom stereocenters. The van der Waals surface area contributed by atoms with E-state index in [1.165, 1.54) is 9.80 Å². The number of nitrogens with zero attached hydrogens (tertiary/aromatic N) is 3. The molecule has 1 aromatic rings. The quantitative estimate of drug-likeness (QED) is 0.193. The van der Waals surface area contributed by atoms with Crippen molar-refractivity contribution in [2.24, 2.45) is 0 Å². The van der Waals surface area contributed by atoms with E-state index in [2.05, 4.69) is 48.9 Å². The molecule has 7 heteroatoms. The number of amides is 2. The Morgan fingerprint density at radius 3 is 2.21 bits per heavy atom. The molecule has 0 saturated carbocycles. The largest absolute Gasteiger partial charge is 0.318 e. The Kier molecular flexibility index (Phi) is 7.15. The monoisotopic (exact) mass is 475 g/mol. The summed E-state index contributed by atoms with van der Waals surface area (Å²) in [5.74, 6) is -0.740. The highest BCUT2D eigenvalue weighted by Gasteiger charge is 2.40. The maximum atomic E-state index is 12.9. The fourth-order valence-electron chi connectivity index (χ4n) is 3.92. The Morgan fingerprint density at radius 1 is 1.06 bits per heavy atom. The van der Waals surface area contributed by atoms with Crippen molar-refractivity contribution in [2.45, 2.75) is 20.0 Å². The summed E-state index contributed by atoms with van der Waals surface area (Å²) in [5, 5.41) is 2.38. The van der Waals surface area contributed by atoms with E-state index in [1.54, 1.807) is 26.2 Å². The lowest BCUT2D eigenvalue weighted by molar-refractivity contribution is -0.132. The SMILES string of the molecule is C=C/C=C\C(=C/C)N(C1=CC=C(C=C2C(=O)N(C)C(=S)N(C)C2=O)[Si]1(C)C)c1ccccc1. The smallest absolute Gasteiger partial charge is 0.265 e. The lowest BCUT2D eigenvalue weighted by Gasteiger charge is -2.36. The lowest BCUT2D eigenvalue weighted by atomic mass is 10.1. The van der Waals surface area contributed by atoms with Crippen LogP contribution in [0, 0.1) is 0 Å². The fraction of sp³-hybridized carbons (Fsp3) is 0.192. The first-order valence-electron chi connectivity index (χ1n) is 10.7. The molecule has 0 unspecified atom stereocenters. The van der Waals surface area contributed by atoms with Crippen molar-refractivity contribution in [3.63, 3.8) is 0 Å². The molecule has 2 amide bonds. The van der Waals surface area contributed by atoms with Gasteiger partial charge in [0.15, 0.2) is 5.11 Å². The van der Waals surface area contributed by atoms with Crippen LogP contribution in [0.2, 0.25) is 13.1 Å². The second kappa shape index (κ2) is 9.68. The zero-order valence-corrected chi connectivity index (χ0v) is 21.5. The van der Waals surface area contributed by atoms with Crippen molar-refractivity contribution >= 4 is 42.9 Å². The van der Waals surface area contributed by atoms with E-state index >= 15 is 0 Å². The van der Waals surface area contributed by atoms with Crippen molar-refractivity contribution in [1.29, 1.82) is 0 Å². The Hall–Kier alpha value is -3.29. The fourth-order valence-corrected chi connectivity index (χ4v) is 6.70. The predicted molar refractivity (Wildman–Crippen MR) is 142 cm³/mol. The first-order chi connectivity index (χ1) is 15.6. The Labute approximate surface area is 202 Å². The van der Waals surface area contributed by atoms with Crippen LogP contribution in [0.25, 0.3) is 0 Å². The van der Waals surface area contributed by atoms with Crippen LogP contribution in [0.1, 0.15) is 6.92 Å². The molecule has 0 bridgehead atoms. The van der Waals surface area contributed by atoms with Crippen LogP contribution in [-0.2, 0) is 9.59 Å². The van der Waals surface area contributed by atoms with E-state index in [-0.39, 0.29) is 22.5 Å². The summed E-state index contributed by atoms with van der Waals surface area (Å²) >= 11 is 5.21. The molecule has 1 aromatic carbocycles.